The number of alkyl halides is 3. The fraction of sp³-hybridized carbons (Fsp3) is 0.158. The van der Waals surface area contributed by atoms with E-state index in [0.29, 0.717) is 16.5 Å². The number of aromatic nitrogens is 1. The van der Waals surface area contributed by atoms with Crippen LogP contribution < -0.4 is 10.9 Å². The van der Waals surface area contributed by atoms with Crippen LogP contribution in [-0.4, -0.2) is 10.9 Å². The summed E-state index contributed by atoms with van der Waals surface area (Å²) >= 11 is 0. The van der Waals surface area contributed by atoms with Gasteiger partial charge >= 0.3 is 6.18 Å². The molecule has 134 valence electrons. The van der Waals surface area contributed by atoms with E-state index >= 15 is 0 Å². The van der Waals surface area contributed by atoms with E-state index in [-0.39, 0.29) is 5.56 Å². The Bertz CT molecular complexity index is 1020. The van der Waals surface area contributed by atoms with Crippen LogP contribution in [0.1, 0.15) is 34.5 Å². The molecule has 1 amide bonds. The van der Waals surface area contributed by atoms with E-state index in [1.54, 1.807) is 31.2 Å². The zero-order valence-electron chi connectivity index (χ0n) is 13.7. The number of carbonyl (C=O) groups excluding carboxylic acids is 1. The summed E-state index contributed by atoms with van der Waals surface area (Å²) in [6, 6.07) is 12.1. The zero-order valence-corrected chi connectivity index (χ0v) is 13.7. The highest BCUT2D eigenvalue weighted by Gasteiger charge is 2.30. The van der Waals surface area contributed by atoms with Crippen molar-refractivity contribution in [1.29, 1.82) is 0 Å². The highest BCUT2D eigenvalue weighted by atomic mass is 19.4. The van der Waals surface area contributed by atoms with Crippen molar-refractivity contribution in [3.8, 4) is 0 Å². The van der Waals surface area contributed by atoms with Gasteiger partial charge in [-0.15, -0.1) is 0 Å². The summed E-state index contributed by atoms with van der Waals surface area (Å²) in [7, 11) is 0. The highest BCUT2D eigenvalue weighted by molar-refractivity contribution is 6.06. The molecule has 1 heterocycles. The van der Waals surface area contributed by atoms with Crippen molar-refractivity contribution in [1.82, 2.24) is 10.3 Å². The van der Waals surface area contributed by atoms with Crippen LogP contribution in [0, 0.1) is 0 Å². The lowest BCUT2D eigenvalue weighted by Gasteiger charge is -2.17. The number of amides is 1. The predicted octanol–water partition coefficient (Wildman–Crippen LogP) is 4.04. The number of rotatable bonds is 3. The van der Waals surface area contributed by atoms with Gasteiger partial charge in [-0.25, -0.2) is 0 Å². The summed E-state index contributed by atoms with van der Waals surface area (Å²) in [5.41, 5.74) is -0.208. The monoisotopic (exact) mass is 360 g/mol. The van der Waals surface area contributed by atoms with Gasteiger partial charge in [-0.1, -0.05) is 30.3 Å². The summed E-state index contributed by atoms with van der Waals surface area (Å²) in [6.07, 6.45) is -4.46. The smallest absolute Gasteiger partial charge is 0.345 e. The minimum Gasteiger partial charge on any atom is -0.345 e. The molecule has 1 unspecified atom stereocenters. The van der Waals surface area contributed by atoms with Crippen LogP contribution in [0.5, 0.6) is 0 Å². The number of H-pyrrole nitrogens is 1. The zero-order chi connectivity index (χ0) is 18.9. The van der Waals surface area contributed by atoms with Gasteiger partial charge < -0.3 is 10.3 Å². The third-order valence-electron chi connectivity index (χ3n) is 4.06. The second kappa shape index (κ2) is 6.67. The van der Waals surface area contributed by atoms with Gasteiger partial charge in [0, 0.05) is 17.0 Å². The number of benzene rings is 2. The molecule has 7 heteroatoms. The maximum absolute atomic E-state index is 12.9. The topological polar surface area (TPSA) is 62.0 Å². The minimum absolute atomic E-state index is 0.170. The Labute approximate surface area is 146 Å². The van der Waals surface area contributed by atoms with Gasteiger partial charge in [-0.05, 0) is 30.7 Å². The molecule has 0 aliphatic carbocycles. The SMILES string of the molecule is CC(NC(=O)c1cc(=O)[nH]c2ccccc12)c1cccc(C(F)(F)F)c1. The molecule has 0 radical (unpaired) electrons. The highest BCUT2D eigenvalue weighted by Crippen LogP contribution is 2.30. The number of nitrogens with one attached hydrogen (secondary N) is 2. The van der Waals surface area contributed by atoms with Gasteiger partial charge in [-0.3, -0.25) is 9.59 Å². The average Bonchev–Trinajstić information content (AvgIpc) is 2.60. The number of hydrogen-bond acceptors (Lipinski definition) is 2. The van der Waals surface area contributed by atoms with Crippen LogP contribution in [0.15, 0.2) is 59.4 Å². The first-order valence-corrected chi connectivity index (χ1v) is 7.86. The van der Waals surface area contributed by atoms with Crippen molar-refractivity contribution in [2.75, 3.05) is 0 Å². The first-order valence-electron chi connectivity index (χ1n) is 7.86. The number of fused-ring (bicyclic) bond motifs is 1. The van der Waals surface area contributed by atoms with Gasteiger partial charge in [0.2, 0.25) is 5.56 Å². The lowest BCUT2D eigenvalue weighted by Crippen LogP contribution is -2.28. The van der Waals surface area contributed by atoms with Crippen LogP contribution >= 0.6 is 0 Å². The Balaban J connectivity index is 1.90. The second-order valence-corrected chi connectivity index (χ2v) is 5.91. The average molecular weight is 360 g/mol. The van der Waals surface area contributed by atoms with E-state index < -0.39 is 29.2 Å². The first-order chi connectivity index (χ1) is 12.3. The molecule has 0 saturated carbocycles. The predicted molar refractivity (Wildman–Crippen MR) is 91.9 cm³/mol. The van der Waals surface area contributed by atoms with E-state index in [9.17, 15) is 22.8 Å². The van der Waals surface area contributed by atoms with Gasteiger partial charge in [0.05, 0.1) is 17.2 Å². The number of pyridine rings is 1. The number of aromatic amines is 1. The van der Waals surface area contributed by atoms with Crippen LogP contribution in [0.25, 0.3) is 10.9 Å². The summed E-state index contributed by atoms with van der Waals surface area (Å²) in [6.45, 7) is 1.59. The van der Waals surface area contributed by atoms with E-state index in [1.807, 2.05) is 0 Å². The number of hydrogen-bond donors (Lipinski definition) is 2. The molecule has 2 N–H and O–H groups in total. The molecular weight excluding hydrogens is 345 g/mol. The largest absolute Gasteiger partial charge is 0.416 e. The molecule has 1 atom stereocenters. The number of para-hydroxylation sites is 1. The molecule has 4 nitrogen and oxygen atoms in total. The second-order valence-electron chi connectivity index (χ2n) is 5.91. The van der Waals surface area contributed by atoms with Crippen LogP contribution in [0.2, 0.25) is 0 Å². The summed E-state index contributed by atoms with van der Waals surface area (Å²) in [5.74, 6) is -0.530. The van der Waals surface area contributed by atoms with E-state index in [0.717, 1.165) is 12.1 Å². The molecule has 3 rings (SSSR count). The lowest BCUT2D eigenvalue weighted by molar-refractivity contribution is -0.137. The van der Waals surface area contributed by atoms with Crippen molar-refractivity contribution in [3.05, 3.63) is 81.6 Å². The van der Waals surface area contributed by atoms with E-state index in [4.69, 9.17) is 0 Å². The standard InChI is InChI=1S/C19H15F3N2O2/c1-11(12-5-4-6-13(9-12)19(20,21)22)23-18(26)15-10-17(25)24-16-8-3-2-7-14(15)16/h2-11H,1H3,(H,23,26)(H,24,25). The molecule has 1 aromatic heterocycles. The number of carbonyl (C=O) groups is 1. The Kier molecular flexibility index (Phi) is 4.54. The van der Waals surface area contributed by atoms with Gasteiger partial charge in [0.1, 0.15) is 0 Å². The Hall–Kier alpha value is -3.09. The minimum atomic E-state index is -4.46. The molecule has 0 bridgehead atoms. The number of halogens is 3. The maximum Gasteiger partial charge on any atom is 0.416 e. The van der Waals surface area contributed by atoms with Crippen molar-refractivity contribution in [2.24, 2.45) is 0 Å². The maximum atomic E-state index is 12.9. The normalized spacial score (nSPS) is 12.8. The summed E-state index contributed by atoms with van der Waals surface area (Å²) < 4.78 is 38.6. The van der Waals surface area contributed by atoms with Crippen molar-refractivity contribution < 1.29 is 18.0 Å². The van der Waals surface area contributed by atoms with Crippen LogP contribution in [0.4, 0.5) is 13.2 Å². The van der Waals surface area contributed by atoms with Crippen molar-refractivity contribution >= 4 is 16.8 Å². The van der Waals surface area contributed by atoms with Crippen LogP contribution in [-0.2, 0) is 6.18 Å². The first kappa shape index (κ1) is 17.7. The van der Waals surface area contributed by atoms with Gasteiger partial charge in [-0.2, -0.15) is 13.2 Å². The quantitative estimate of drug-likeness (QED) is 0.741. The molecule has 26 heavy (non-hydrogen) atoms. The Morgan fingerprint density at radius 1 is 1.08 bits per heavy atom. The van der Waals surface area contributed by atoms with Crippen molar-refractivity contribution in [2.45, 2.75) is 19.1 Å². The molecule has 0 aliphatic rings. The third-order valence-corrected chi connectivity index (χ3v) is 4.06. The molecule has 0 spiro atoms. The van der Waals surface area contributed by atoms with Crippen molar-refractivity contribution in [3.63, 3.8) is 0 Å². The Morgan fingerprint density at radius 3 is 2.54 bits per heavy atom. The lowest BCUT2D eigenvalue weighted by atomic mass is 10.0. The van der Waals surface area contributed by atoms with Crippen LogP contribution in [0.3, 0.4) is 0 Å². The van der Waals surface area contributed by atoms with Gasteiger partial charge in [0.15, 0.2) is 0 Å². The molecule has 0 saturated heterocycles. The molecule has 0 fully saturated rings. The molecule has 2 aromatic carbocycles. The molecule has 3 aromatic rings. The van der Waals surface area contributed by atoms with E-state index in [2.05, 4.69) is 10.3 Å². The molecular formula is C19H15F3N2O2. The van der Waals surface area contributed by atoms with E-state index in [1.165, 1.54) is 18.2 Å². The summed E-state index contributed by atoms with van der Waals surface area (Å²) in [4.78, 5) is 27.0. The third kappa shape index (κ3) is 3.61. The summed E-state index contributed by atoms with van der Waals surface area (Å²) in [5, 5.41) is 3.21. The van der Waals surface area contributed by atoms with Gasteiger partial charge in [0.25, 0.3) is 5.91 Å². The fourth-order valence-corrected chi connectivity index (χ4v) is 2.73. The fourth-order valence-electron chi connectivity index (χ4n) is 2.73. The Morgan fingerprint density at radius 2 is 1.81 bits per heavy atom. The molecule has 0 aliphatic heterocycles.